The van der Waals surface area contributed by atoms with Crippen LogP contribution in [0, 0.1) is 0 Å². The molecule has 0 aromatic heterocycles. The molecule has 1 N–H and O–H groups in total. The second-order valence-corrected chi connectivity index (χ2v) is 7.84. The van der Waals surface area contributed by atoms with Gasteiger partial charge in [-0.15, -0.1) is 0 Å². The molecule has 0 saturated carbocycles. The number of hydrogen-bond acceptors (Lipinski definition) is 4. The molecule has 1 aromatic carbocycles. The van der Waals surface area contributed by atoms with Crippen LogP contribution in [0.1, 0.15) is 31.9 Å². The fraction of sp³-hybridized carbons (Fsp3) is 0.625. The molecule has 0 heterocycles. The van der Waals surface area contributed by atoms with Crippen molar-refractivity contribution >= 4 is 9.84 Å². The van der Waals surface area contributed by atoms with Crippen LogP contribution in [0.5, 0.6) is 0 Å². The summed E-state index contributed by atoms with van der Waals surface area (Å²) in [5.74, 6) is 0.174. The monoisotopic (exact) mass is 312 g/mol. The van der Waals surface area contributed by atoms with Crippen molar-refractivity contribution in [1.82, 2.24) is 10.2 Å². The molecule has 21 heavy (non-hydrogen) atoms. The Morgan fingerprint density at radius 2 is 1.62 bits per heavy atom. The van der Waals surface area contributed by atoms with Crippen LogP contribution >= 0.6 is 0 Å². The molecule has 0 spiro atoms. The van der Waals surface area contributed by atoms with Gasteiger partial charge in [0.1, 0.15) is 9.84 Å². The van der Waals surface area contributed by atoms with Crippen LogP contribution < -0.4 is 5.32 Å². The van der Waals surface area contributed by atoms with Gasteiger partial charge >= 0.3 is 0 Å². The molecule has 1 rings (SSSR count). The third kappa shape index (κ3) is 7.60. The Hall–Kier alpha value is -0.910. The Morgan fingerprint density at radius 1 is 1.10 bits per heavy atom. The predicted molar refractivity (Wildman–Crippen MR) is 89.1 cm³/mol. The minimum Gasteiger partial charge on any atom is -0.309 e. The molecule has 5 heteroatoms. The molecular formula is C16H28N2O2S. The van der Waals surface area contributed by atoms with E-state index in [0.29, 0.717) is 6.54 Å². The van der Waals surface area contributed by atoms with Gasteiger partial charge in [-0.2, -0.15) is 0 Å². The summed E-state index contributed by atoms with van der Waals surface area (Å²) in [5, 5.41) is 3.25. The molecular weight excluding hydrogens is 284 g/mol. The average molecular weight is 312 g/mol. The molecule has 4 nitrogen and oxygen atoms in total. The highest BCUT2D eigenvalue weighted by Crippen LogP contribution is 2.08. The fourth-order valence-electron chi connectivity index (χ4n) is 2.27. The highest BCUT2D eigenvalue weighted by molar-refractivity contribution is 7.90. The van der Waals surface area contributed by atoms with Crippen molar-refractivity contribution in [3.63, 3.8) is 0 Å². The van der Waals surface area contributed by atoms with Crippen molar-refractivity contribution < 1.29 is 8.42 Å². The highest BCUT2D eigenvalue weighted by Gasteiger charge is 2.09. The molecule has 0 aliphatic heterocycles. The summed E-state index contributed by atoms with van der Waals surface area (Å²) in [7, 11) is -2.92. The molecule has 1 aromatic rings. The van der Waals surface area contributed by atoms with Gasteiger partial charge in [0.05, 0.1) is 5.75 Å². The Labute approximate surface area is 129 Å². The molecule has 0 bridgehead atoms. The van der Waals surface area contributed by atoms with Gasteiger partial charge < -0.3 is 5.32 Å². The first kappa shape index (κ1) is 18.1. The topological polar surface area (TPSA) is 49.4 Å². The van der Waals surface area contributed by atoms with E-state index in [1.54, 1.807) is 0 Å². The largest absolute Gasteiger partial charge is 0.309 e. The number of benzene rings is 1. The summed E-state index contributed by atoms with van der Waals surface area (Å²) in [4.78, 5) is 2.38. The lowest BCUT2D eigenvalue weighted by Gasteiger charge is -2.18. The van der Waals surface area contributed by atoms with E-state index in [1.807, 2.05) is 6.92 Å². The first-order chi connectivity index (χ1) is 9.84. The summed E-state index contributed by atoms with van der Waals surface area (Å²) in [6.07, 6.45) is 1.27. The van der Waals surface area contributed by atoms with Gasteiger partial charge in [0.15, 0.2) is 0 Å². The Morgan fingerprint density at radius 3 is 2.10 bits per heavy atom. The second-order valence-electron chi connectivity index (χ2n) is 5.65. The van der Waals surface area contributed by atoms with Crippen LogP contribution in [0.3, 0.4) is 0 Å². The average Bonchev–Trinajstić information content (AvgIpc) is 2.42. The van der Waals surface area contributed by atoms with Crippen molar-refractivity contribution in [2.75, 3.05) is 25.1 Å². The van der Waals surface area contributed by atoms with Gasteiger partial charge in [-0.3, -0.25) is 4.90 Å². The minimum absolute atomic E-state index is 0.0321. The molecule has 1 atom stereocenters. The number of nitrogens with one attached hydrogen (secondary N) is 1. The smallest absolute Gasteiger partial charge is 0.148 e. The molecule has 0 aliphatic carbocycles. The van der Waals surface area contributed by atoms with Crippen molar-refractivity contribution in [1.29, 1.82) is 0 Å². The maximum absolute atomic E-state index is 11.2. The summed E-state index contributed by atoms with van der Waals surface area (Å²) in [6, 6.07) is 8.49. The Balaban J connectivity index is 2.47. The van der Waals surface area contributed by atoms with Crippen LogP contribution in [-0.4, -0.2) is 44.5 Å². The fourth-order valence-corrected chi connectivity index (χ4v) is 3.30. The molecule has 0 amide bonds. The lowest BCUT2D eigenvalue weighted by molar-refractivity contribution is 0.296. The number of nitrogens with zero attached hydrogens (tertiary/aromatic N) is 1. The van der Waals surface area contributed by atoms with Gasteiger partial charge in [-0.05, 0) is 31.1 Å². The third-order valence-electron chi connectivity index (χ3n) is 3.53. The van der Waals surface area contributed by atoms with Crippen LogP contribution in [-0.2, 0) is 22.9 Å². The van der Waals surface area contributed by atoms with Gasteiger partial charge in [-0.1, -0.05) is 38.1 Å². The van der Waals surface area contributed by atoms with Crippen molar-refractivity contribution in [3.8, 4) is 0 Å². The summed E-state index contributed by atoms with van der Waals surface area (Å²) in [6.45, 7) is 10.0. The zero-order chi connectivity index (χ0) is 15.9. The van der Waals surface area contributed by atoms with Crippen LogP contribution in [0.25, 0.3) is 0 Å². The quantitative estimate of drug-likeness (QED) is 0.758. The maximum Gasteiger partial charge on any atom is 0.148 e. The van der Waals surface area contributed by atoms with Gasteiger partial charge in [0, 0.05) is 25.4 Å². The Kier molecular flexibility index (Phi) is 7.35. The summed E-state index contributed by atoms with van der Waals surface area (Å²) >= 11 is 0. The van der Waals surface area contributed by atoms with E-state index in [4.69, 9.17) is 0 Å². The van der Waals surface area contributed by atoms with Crippen molar-refractivity contribution in [2.45, 2.75) is 39.9 Å². The van der Waals surface area contributed by atoms with Crippen molar-refractivity contribution in [3.05, 3.63) is 35.4 Å². The third-order valence-corrected chi connectivity index (χ3v) is 4.64. The maximum atomic E-state index is 11.2. The lowest BCUT2D eigenvalue weighted by atomic mass is 10.1. The van der Waals surface area contributed by atoms with E-state index in [0.717, 1.165) is 19.6 Å². The molecule has 0 aliphatic rings. The van der Waals surface area contributed by atoms with Gasteiger partial charge in [0.2, 0.25) is 0 Å². The van der Waals surface area contributed by atoms with Gasteiger partial charge in [0.25, 0.3) is 0 Å². The first-order valence-corrected chi connectivity index (χ1v) is 9.61. The summed E-state index contributed by atoms with van der Waals surface area (Å²) in [5.41, 5.74) is 2.49. The standard InChI is InChI=1S/C16H28N2O2S/c1-5-18(6-2)12-16-9-7-15(8-10-16)11-17-14(3)13-21(4,19)20/h7-10,14,17H,5-6,11-13H2,1-4H3. The molecule has 0 radical (unpaired) electrons. The predicted octanol–water partition coefficient (Wildman–Crippen LogP) is 2.05. The number of rotatable bonds is 9. The number of sulfone groups is 1. The molecule has 0 saturated heterocycles. The Bertz CT molecular complexity index is 508. The zero-order valence-corrected chi connectivity index (χ0v) is 14.4. The summed E-state index contributed by atoms with van der Waals surface area (Å²) < 4.78 is 22.4. The van der Waals surface area contributed by atoms with E-state index >= 15 is 0 Å². The van der Waals surface area contributed by atoms with Crippen molar-refractivity contribution in [2.24, 2.45) is 0 Å². The van der Waals surface area contributed by atoms with Crippen LogP contribution in [0.2, 0.25) is 0 Å². The second kappa shape index (κ2) is 8.51. The lowest BCUT2D eigenvalue weighted by Crippen LogP contribution is -2.32. The van der Waals surface area contributed by atoms with E-state index in [9.17, 15) is 8.42 Å². The van der Waals surface area contributed by atoms with Gasteiger partial charge in [-0.25, -0.2) is 8.42 Å². The van der Waals surface area contributed by atoms with E-state index < -0.39 is 9.84 Å². The number of hydrogen-bond donors (Lipinski definition) is 1. The van der Waals surface area contributed by atoms with E-state index in [2.05, 4.69) is 48.3 Å². The highest BCUT2D eigenvalue weighted by atomic mass is 32.2. The minimum atomic E-state index is -2.92. The zero-order valence-electron chi connectivity index (χ0n) is 13.6. The van der Waals surface area contributed by atoms with E-state index in [-0.39, 0.29) is 11.8 Å². The normalized spacial score (nSPS) is 13.6. The first-order valence-electron chi connectivity index (χ1n) is 7.55. The van der Waals surface area contributed by atoms with Crippen LogP contribution in [0.15, 0.2) is 24.3 Å². The molecule has 1 unspecified atom stereocenters. The van der Waals surface area contributed by atoms with Crippen LogP contribution in [0.4, 0.5) is 0 Å². The molecule has 0 fully saturated rings. The molecule has 120 valence electrons. The SMILES string of the molecule is CCN(CC)Cc1ccc(CNC(C)CS(C)(=O)=O)cc1. The van der Waals surface area contributed by atoms with E-state index in [1.165, 1.54) is 17.4 Å².